The normalized spacial score (nSPS) is 23.1. The second-order valence-corrected chi connectivity index (χ2v) is 7.09. The first-order valence-electron chi connectivity index (χ1n) is 9.15. The molecule has 1 aromatic rings. The summed E-state index contributed by atoms with van der Waals surface area (Å²) >= 11 is 0. The van der Waals surface area contributed by atoms with Crippen molar-refractivity contribution < 1.29 is 14.3 Å². The zero-order valence-electron chi connectivity index (χ0n) is 15.0. The Balaban J connectivity index is 1.65. The largest absolute Gasteiger partial charge is 0.374 e. The van der Waals surface area contributed by atoms with Crippen molar-refractivity contribution in [2.75, 3.05) is 18.5 Å². The topological polar surface area (TPSA) is 70.7 Å². The lowest BCUT2D eigenvalue weighted by atomic mass is 9.89. The third-order valence-electron chi connectivity index (χ3n) is 4.80. The van der Waals surface area contributed by atoms with Gasteiger partial charge in [-0.15, -0.1) is 0 Å². The summed E-state index contributed by atoms with van der Waals surface area (Å²) in [5, 5.41) is 5.54. The molecule has 2 fully saturated rings. The maximum Gasteiger partial charge on any atom is 0.319 e. The average Bonchev–Trinajstić information content (AvgIpc) is 2.60. The van der Waals surface area contributed by atoms with E-state index in [1.54, 1.807) is 24.3 Å². The number of rotatable bonds is 3. The van der Waals surface area contributed by atoms with E-state index < -0.39 is 0 Å². The molecule has 3 amide bonds. The van der Waals surface area contributed by atoms with Gasteiger partial charge in [-0.2, -0.15) is 0 Å². The molecule has 1 heterocycles. The minimum absolute atomic E-state index is 0.0541. The van der Waals surface area contributed by atoms with E-state index in [-0.39, 0.29) is 30.1 Å². The zero-order valence-corrected chi connectivity index (χ0v) is 15.0. The predicted octanol–water partition coefficient (Wildman–Crippen LogP) is 3.00. The maximum atomic E-state index is 12.9. The van der Waals surface area contributed by atoms with E-state index in [4.69, 9.17) is 4.74 Å². The summed E-state index contributed by atoms with van der Waals surface area (Å²) in [6.45, 7) is 5.07. The van der Waals surface area contributed by atoms with Gasteiger partial charge in [-0.1, -0.05) is 12.8 Å². The van der Waals surface area contributed by atoms with E-state index in [0.29, 0.717) is 24.4 Å². The van der Waals surface area contributed by atoms with Gasteiger partial charge in [0.05, 0.1) is 18.8 Å². The first-order chi connectivity index (χ1) is 12.0. The first-order valence-corrected chi connectivity index (χ1v) is 9.15. The molecule has 1 saturated heterocycles. The predicted molar refractivity (Wildman–Crippen MR) is 96.8 cm³/mol. The van der Waals surface area contributed by atoms with Crippen LogP contribution in [-0.2, 0) is 4.74 Å². The number of ether oxygens (including phenoxy) is 1. The maximum absolute atomic E-state index is 12.9. The van der Waals surface area contributed by atoms with Crippen molar-refractivity contribution >= 4 is 17.6 Å². The van der Waals surface area contributed by atoms with Gasteiger partial charge in [0.15, 0.2) is 0 Å². The molecule has 2 atom stereocenters. The van der Waals surface area contributed by atoms with Crippen LogP contribution in [0.2, 0.25) is 0 Å². The molecule has 1 saturated carbocycles. The van der Waals surface area contributed by atoms with Crippen LogP contribution in [0, 0.1) is 0 Å². The smallest absolute Gasteiger partial charge is 0.319 e. The van der Waals surface area contributed by atoms with E-state index in [1.807, 2.05) is 18.7 Å². The van der Waals surface area contributed by atoms with Gasteiger partial charge in [-0.25, -0.2) is 4.79 Å². The molecule has 6 nitrogen and oxygen atoms in total. The molecule has 2 N–H and O–H groups in total. The second kappa shape index (κ2) is 7.87. The Bertz CT molecular complexity index is 613. The van der Waals surface area contributed by atoms with Crippen molar-refractivity contribution in [1.29, 1.82) is 0 Å². The summed E-state index contributed by atoms with van der Waals surface area (Å²) < 4.78 is 5.84. The fourth-order valence-electron chi connectivity index (χ4n) is 3.64. The summed E-state index contributed by atoms with van der Waals surface area (Å²) in [5.41, 5.74) is 1.33. The molecule has 1 aromatic carbocycles. The molecule has 0 spiro atoms. The fourth-order valence-corrected chi connectivity index (χ4v) is 3.64. The number of benzene rings is 1. The number of anilines is 1. The number of hydrogen-bond acceptors (Lipinski definition) is 3. The van der Waals surface area contributed by atoms with Crippen molar-refractivity contribution in [3.63, 3.8) is 0 Å². The monoisotopic (exact) mass is 345 g/mol. The van der Waals surface area contributed by atoms with Crippen molar-refractivity contribution in [3.8, 4) is 0 Å². The number of nitrogens with zero attached hydrogens (tertiary/aromatic N) is 1. The molecular weight excluding hydrogens is 318 g/mol. The van der Waals surface area contributed by atoms with Crippen LogP contribution in [0.5, 0.6) is 0 Å². The molecule has 1 aliphatic heterocycles. The van der Waals surface area contributed by atoms with Crippen LogP contribution in [0.3, 0.4) is 0 Å². The van der Waals surface area contributed by atoms with Gasteiger partial charge < -0.3 is 20.3 Å². The van der Waals surface area contributed by atoms with E-state index >= 15 is 0 Å². The highest BCUT2D eigenvalue weighted by molar-refractivity contribution is 5.96. The van der Waals surface area contributed by atoms with Gasteiger partial charge in [0.1, 0.15) is 0 Å². The average molecular weight is 345 g/mol. The summed E-state index contributed by atoms with van der Waals surface area (Å²) in [5.74, 6) is 0.0541. The van der Waals surface area contributed by atoms with Gasteiger partial charge >= 0.3 is 6.03 Å². The van der Waals surface area contributed by atoms with Crippen molar-refractivity contribution in [1.82, 2.24) is 10.2 Å². The molecule has 2 unspecified atom stereocenters. The van der Waals surface area contributed by atoms with Crippen molar-refractivity contribution in [2.45, 2.75) is 57.7 Å². The third-order valence-corrected chi connectivity index (χ3v) is 4.80. The van der Waals surface area contributed by atoms with E-state index in [9.17, 15) is 9.59 Å². The lowest BCUT2D eigenvalue weighted by Crippen LogP contribution is -2.54. The lowest BCUT2D eigenvalue weighted by Gasteiger charge is -2.43. The number of carbonyl (C=O) groups excluding carboxylic acids is 2. The van der Waals surface area contributed by atoms with Crippen LogP contribution >= 0.6 is 0 Å². The summed E-state index contributed by atoms with van der Waals surface area (Å²) in [4.78, 5) is 26.6. The van der Waals surface area contributed by atoms with E-state index in [1.165, 1.54) is 6.42 Å². The van der Waals surface area contributed by atoms with E-state index in [0.717, 1.165) is 19.3 Å². The number of nitrogens with one attached hydrogen (secondary N) is 2. The molecule has 3 rings (SSSR count). The van der Waals surface area contributed by atoms with Crippen LogP contribution in [-0.4, -0.2) is 48.2 Å². The highest BCUT2D eigenvalue weighted by Gasteiger charge is 2.36. The van der Waals surface area contributed by atoms with Crippen molar-refractivity contribution in [3.05, 3.63) is 29.8 Å². The first kappa shape index (κ1) is 17.7. The van der Waals surface area contributed by atoms with Gasteiger partial charge in [-0.3, -0.25) is 4.79 Å². The number of morpholine rings is 1. The van der Waals surface area contributed by atoms with Gasteiger partial charge in [0.2, 0.25) is 0 Å². The standard InChI is InChI=1S/C19H27N3O3/c1-13(2)20-19(24)21-15-9-7-14(8-10-15)18(23)22-11-12-25-17-6-4-3-5-16(17)22/h7-10,13,16-17H,3-6,11-12H2,1-2H3,(H2,20,21,24). The molecule has 0 bridgehead atoms. The quantitative estimate of drug-likeness (QED) is 0.885. The molecule has 0 radical (unpaired) electrons. The van der Waals surface area contributed by atoms with Gasteiger partial charge in [-0.05, 0) is 51.0 Å². The Hall–Kier alpha value is -2.08. The lowest BCUT2D eigenvalue weighted by molar-refractivity contribution is -0.0752. The Morgan fingerprint density at radius 2 is 1.88 bits per heavy atom. The number of amides is 3. The van der Waals surface area contributed by atoms with Crippen LogP contribution in [0.25, 0.3) is 0 Å². The van der Waals surface area contributed by atoms with Gasteiger partial charge in [0, 0.05) is 23.8 Å². The molecule has 0 aromatic heterocycles. The SMILES string of the molecule is CC(C)NC(=O)Nc1ccc(C(=O)N2CCOC3CCCCC32)cc1. The Morgan fingerprint density at radius 3 is 2.60 bits per heavy atom. The number of urea groups is 1. The van der Waals surface area contributed by atoms with Crippen molar-refractivity contribution in [2.24, 2.45) is 0 Å². The van der Waals surface area contributed by atoms with Crippen LogP contribution in [0.4, 0.5) is 10.5 Å². The van der Waals surface area contributed by atoms with E-state index in [2.05, 4.69) is 10.6 Å². The summed E-state index contributed by atoms with van der Waals surface area (Å²) in [7, 11) is 0. The Labute approximate surface area is 148 Å². The summed E-state index contributed by atoms with van der Waals surface area (Å²) in [6, 6.07) is 7.13. The minimum Gasteiger partial charge on any atom is -0.374 e. The molecular formula is C19H27N3O3. The number of carbonyl (C=O) groups is 2. The molecule has 25 heavy (non-hydrogen) atoms. The fraction of sp³-hybridized carbons (Fsp3) is 0.579. The summed E-state index contributed by atoms with van der Waals surface area (Å²) in [6.07, 6.45) is 4.59. The molecule has 1 aliphatic carbocycles. The number of fused-ring (bicyclic) bond motifs is 1. The highest BCUT2D eigenvalue weighted by Crippen LogP contribution is 2.29. The second-order valence-electron chi connectivity index (χ2n) is 7.09. The highest BCUT2D eigenvalue weighted by atomic mass is 16.5. The van der Waals surface area contributed by atoms with Crippen LogP contribution < -0.4 is 10.6 Å². The number of hydrogen-bond donors (Lipinski definition) is 2. The molecule has 136 valence electrons. The zero-order chi connectivity index (χ0) is 17.8. The third kappa shape index (κ3) is 4.31. The van der Waals surface area contributed by atoms with Crippen LogP contribution in [0.15, 0.2) is 24.3 Å². The van der Waals surface area contributed by atoms with Crippen LogP contribution in [0.1, 0.15) is 49.9 Å². The van der Waals surface area contributed by atoms with Gasteiger partial charge in [0.25, 0.3) is 5.91 Å². The Kier molecular flexibility index (Phi) is 5.58. The molecule has 2 aliphatic rings. The Morgan fingerprint density at radius 1 is 1.16 bits per heavy atom. The molecule has 6 heteroatoms. The minimum atomic E-state index is -0.243.